The first-order valence-electron chi connectivity index (χ1n) is 11.6. The first-order chi connectivity index (χ1) is 16.8. The van der Waals surface area contributed by atoms with Crippen LogP contribution in [0.2, 0.25) is 0 Å². The maximum atomic E-state index is 13.0. The Labute approximate surface area is 202 Å². The summed E-state index contributed by atoms with van der Waals surface area (Å²) in [7, 11) is 0. The molecule has 2 N–H and O–H groups in total. The van der Waals surface area contributed by atoms with Crippen molar-refractivity contribution < 1.29 is 24.3 Å². The highest BCUT2D eigenvalue weighted by Crippen LogP contribution is 2.36. The molecule has 1 saturated heterocycles. The number of carbonyl (C=O) groups is 4. The highest BCUT2D eigenvalue weighted by Gasteiger charge is 2.40. The van der Waals surface area contributed by atoms with Gasteiger partial charge in [-0.3, -0.25) is 29.5 Å². The number of Topliss-reactive ketones (excluding diaryl/α,β-unsaturated/α-hetero) is 1. The minimum atomic E-state index is -0.713. The molecule has 0 bridgehead atoms. The third kappa shape index (κ3) is 4.16. The first kappa shape index (κ1) is 22.7. The Morgan fingerprint density at radius 3 is 2.60 bits per heavy atom. The van der Waals surface area contributed by atoms with Gasteiger partial charge >= 0.3 is 0 Å². The molecule has 2 unspecified atom stereocenters. The van der Waals surface area contributed by atoms with Crippen LogP contribution < -0.4 is 5.32 Å². The van der Waals surface area contributed by atoms with Crippen molar-refractivity contribution in [3.8, 4) is 0 Å². The Morgan fingerprint density at radius 2 is 1.86 bits per heavy atom. The molecule has 0 saturated carbocycles. The molecule has 0 spiro atoms. The number of amides is 3. The van der Waals surface area contributed by atoms with Crippen LogP contribution in [0.4, 0.5) is 5.69 Å². The number of nitrogens with one attached hydrogen (secondary N) is 1. The lowest BCUT2D eigenvalue weighted by atomic mass is 9.81. The van der Waals surface area contributed by atoms with Crippen LogP contribution in [0, 0.1) is 6.92 Å². The van der Waals surface area contributed by atoms with Gasteiger partial charge in [0.05, 0.1) is 11.3 Å². The van der Waals surface area contributed by atoms with Gasteiger partial charge in [0, 0.05) is 43.1 Å². The normalized spacial score (nSPS) is 22.7. The third-order valence-corrected chi connectivity index (χ3v) is 7.00. The van der Waals surface area contributed by atoms with Crippen LogP contribution in [0.5, 0.6) is 0 Å². The molecule has 2 atom stereocenters. The second-order valence-electron chi connectivity index (χ2n) is 9.21. The van der Waals surface area contributed by atoms with E-state index in [1.807, 2.05) is 31.2 Å². The number of rotatable bonds is 4. The average Bonchev–Trinajstić information content (AvgIpc) is 3.16. The van der Waals surface area contributed by atoms with Crippen LogP contribution in [0.15, 0.2) is 58.8 Å². The molecular weight excluding hydrogens is 446 g/mol. The molecule has 1 fully saturated rings. The minimum Gasteiger partial charge on any atom is -0.511 e. The van der Waals surface area contributed by atoms with Crippen LogP contribution in [-0.4, -0.2) is 45.8 Å². The summed E-state index contributed by atoms with van der Waals surface area (Å²) in [4.78, 5) is 55.6. The van der Waals surface area contributed by atoms with E-state index in [-0.39, 0.29) is 60.7 Å². The summed E-state index contributed by atoms with van der Waals surface area (Å²) in [6.07, 6.45) is 2.47. The van der Waals surface area contributed by atoms with Gasteiger partial charge in [-0.25, -0.2) is 0 Å². The van der Waals surface area contributed by atoms with Crippen molar-refractivity contribution in [3.05, 3.63) is 76.1 Å². The molecule has 8 heteroatoms. The Kier molecular flexibility index (Phi) is 5.80. The highest BCUT2D eigenvalue weighted by atomic mass is 16.3. The number of nitrogens with zero attached hydrogens (tertiary/aromatic N) is 2. The van der Waals surface area contributed by atoms with Gasteiger partial charge in [-0.1, -0.05) is 30.3 Å². The van der Waals surface area contributed by atoms with Crippen LogP contribution in [-0.2, 0) is 20.9 Å². The molecule has 3 amide bonds. The van der Waals surface area contributed by atoms with Crippen LogP contribution in [0.1, 0.15) is 58.6 Å². The van der Waals surface area contributed by atoms with E-state index < -0.39 is 11.9 Å². The number of piperidine rings is 1. The number of benzene rings is 2. The number of aliphatic imine (C=N–C) groups is 1. The zero-order valence-corrected chi connectivity index (χ0v) is 19.3. The number of ketones is 1. The molecule has 2 aromatic carbocycles. The van der Waals surface area contributed by atoms with Crippen molar-refractivity contribution in [2.75, 3.05) is 0 Å². The maximum absolute atomic E-state index is 13.0. The molecule has 178 valence electrons. The van der Waals surface area contributed by atoms with Gasteiger partial charge < -0.3 is 10.0 Å². The number of carbonyl (C=O) groups excluding carboxylic acids is 4. The molecule has 5 rings (SSSR count). The lowest BCUT2D eigenvalue weighted by Gasteiger charge is -2.29. The second-order valence-corrected chi connectivity index (χ2v) is 9.21. The van der Waals surface area contributed by atoms with Gasteiger partial charge in [0.25, 0.3) is 5.91 Å². The number of imide groups is 1. The van der Waals surface area contributed by atoms with Gasteiger partial charge in [0.15, 0.2) is 5.78 Å². The molecule has 3 aliphatic rings. The summed E-state index contributed by atoms with van der Waals surface area (Å²) in [6.45, 7) is 2.18. The molecule has 0 radical (unpaired) electrons. The molecular formula is C27H25N3O5. The van der Waals surface area contributed by atoms with Crippen LogP contribution in [0.3, 0.4) is 0 Å². The lowest BCUT2D eigenvalue weighted by molar-refractivity contribution is -0.137. The number of allylic oxidation sites excluding steroid dienone is 2. The Balaban J connectivity index is 1.38. The van der Waals surface area contributed by atoms with Gasteiger partial charge in [0.1, 0.15) is 11.8 Å². The predicted octanol–water partition coefficient (Wildman–Crippen LogP) is 3.42. The minimum absolute atomic E-state index is 0.00655. The molecule has 1 aliphatic carbocycles. The molecule has 35 heavy (non-hydrogen) atoms. The Hall–Kier alpha value is -4.07. The zero-order chi connectivity index (χ0) is 24.7. The summed E-state index contributed by atoms with van der Waals surface area (Å²) in [5, 5.41) is 13.0. The van der Waals surface area contributed by atoms with Crippen molar-refractivity contribution in [1.82, 2.24) is 10.2 Å². The average molecular weight is 472 g/mol. The first-order valence-corrected chi connectivity index (χ1v) is 11.6. The van der Waals surface area contributed by atoms with E-state index in [0.29, 0.717) is 23.2 Å². The van der Waals surface area contributed by atoms with Crippen molar-refractivity contribution in [1.29, 1.82) is 0 Å². The Morgan fingerprint density at radius 1 is 1.06 bits per heavy atom. The smallest absolute Gasteiger partial charge is 0.255 e. The van der Waals surface area contributed by atoms with E-state index in [1.54, 1.807) is 18.2 Å². The number of hydrogen-bond donors (Lipinski definition) is 2. The Bertz CT molecular complexity index is 1330. The number of aliphatic hydroxyl groups excluding tert-OH is 1. The van der Waals surface area contributed by atoms with Crippen molar-refractivity contribution in [2.24, 2.45) is 4.99 Å². The number of fused-ring (bicyclic) bond motifs is 1. The van der Waals surface area contributed by atoms with Crippen molar-refractivity contribution >= 4 is 35.4 Å². The second kappa shape index (κ2) is 8.94. The van der Waals surface area contributed by atoms with Crippen molar-refractivity contribution in [2.45, 2.75) is 51.1 Å². The van der Waals surface area contributed by atoms with Gasteiger partial charge in [-0.05, 0) is 42.5 Å². The monoisotopic (exact) mass is 471 g/mol. The molecule has 0 aromatic heterocycles. The number of aryl methyl sites for hydroxylation is 1. The lowest BCUT2D eigenvalue weighted by Crippen LogP contribution is -2.52. The quantitative estimate of drug-likeness (QED) is 0.524. The van der Waals surface area contributed by atoms with E-state index in [9.17, 15) is 24.3 Å². The van der Waals surface area contributed by atoms with E-state index in [1.165, 1.54) is 11.1 Å². The SMILES string of the molecule is Cc1ccccc1C1CC(=O)C(C=Nc2cccc3c2CN(C2CCC(=O)NC2=O)C3=O)=C(O)C1. The van der Waals surface area contributed by atoms with E-state index >= 15 is 0 Å². The molecule has 8 nitrogen and oxygen atoms in total. The third-order valence-electron chi connectivity index (χ3n) is 7.00. The predicted molar refractivity (Wildman–Crippen MR) is 128 cm³/mol. The maximum Gasteiger partial charge on any atom is 0.255 e. The zero-order valence-electron chi connectivity index (χ0n) is 19.3. The highest BCUT2D eigenvalue weighted by molar-refractivity contribution is 6.15. The summed E-state index contributed by atoms with van der Waals surface area (Å²) < 4.78 is 0. The van der Waals surface area contributed by atoms with E-state index in [4.69, 9.17) is 0 Å². The fraction of sp³-hybridized carbons (Fsp3) is 0.296. The van der Waals surface area contributed by atoms with Gasteiger partial charge in [-0.2, -0.15) is 0 Å². The molecule has 2 heterocycles. The number of hydrogen-bond acceptors (Lipinski definition) is 6. The fourth-order valence-corrected chi connectivity index (χ4v) is 5.15. The summed E-state index contributed by atoms with van der Waals surface area (Å²) >= 11 is 0. The number of aliphatic hydroxyl groups is 1. The van der Waals surface area contributed by atoms with Gasteiger partial charge in [0.2, 0.25) is 11.8 Å². The molecule has 2 aromatic rings. The van der Waals surface area contributed by atoms with E-state index in [0.717, 1.165) is 11.1 Å². The standard InChI is InChI=1S/C27H25N3O5/c1-15-5-2-3-6-17(15)16-11-23(31)19(24(32)12-16)13-28-21-8-4-7-18-20(21)14-30(27(18)35)22-9-10-25(33)29-26(22)34/h2-8,13,16,22,31H,9-12,14H2,1H3,(H,29,33,34). The largest absolute Gasteiger partial charge is 0.511 e. The molecule has 2 aliphatic heterocycles. The summed E-state index contributed by atoms with van der Waals surface area (Å²) in [5.74, 6) is -1.36. The van der Waals surface area contributed by atoms with Gasteiger partial charge in [-0.15, -0.1) is 0 Å². The van der Waals surface area contributed by atoms with Crippen molar-refractivity contribution in [3.63, 3.8) is 0 Å². The van der Waals surface area contributed by atoms with Crippen LogP contribution >= 0.6 is 0 Å². The topological polar surface area (TPSA) is 116 Å². The van der Waals surface area contributed by atoms with Crippen LogP contribution in [0.25, 0.3) is 0 Å². The summed E-state index contributed by atoms with van der Waals surface area (Å²) in [5.41, 5.74) is 3.91. The summed E-state index contributed by atoms with van der Waals surface area (Å²) in [6, 6.07) is 12.2. The fourth-order valence-electron chi connectivity index (χ4n) is 5.15. The van der Waals surface area contributed by atoms with E-state index in [2.05, 4.69) is 10.3 Å².